The van der Waals surface area contributed by atoms with Crippen molar-refractivity contribution in [1.82, 2.24) is 4.98 Å². The molecule has 0 spiro atoms. The van der Waals surface area contributed by atoms with Crippen molar-refractivity contribution in [3.63, 3.8) is 0 Å². The second-order valence-corrected chi connectivity index (χ2v) is 5.87. The number of benzene rings is 2. The molecule has 0 fully saturated rings. The SMILES string of the molecule is Cc1cc(-c2csc(Nc3ccccc3F)n2)ccc1Cl. The number of anilines is 2. The van der Waals surface area contributed by atoms with Gasteiger partial charge >= 0.3 is 0 Å². The van der Waals surface area contributed by atoms with Gasteiger partial charge in [0.2, 0.25) is 0 Å². The van der Waals surface area contributed by atoms with Gasteiger partial charge in [-0.25, -0.2) is 9.37 Å². The summed E-state index contributed by atoms with van der Waals surface area (Å²) in [4.78, 5) is 4.49. The van der Waals surface area contributed by atoms with Crippen LogP contribution in [0.4, 0.5) is 15.2 Å². The van der Waals surface area contributed by atoms with Crippen molar-refractivity contribution < 1.29 is 4.39 Å². The van der Waals surface area contributed by atoms with E-state index >= 15 is 0 Å². The Kier molecular flexibility index (Phi) is 3.90. The summed E-state index contributed by atoms with van der Waals surface area (Å²) < 4.78 is 13.6. The highest BCUT2D eigenvalue weighted by Crippen LogP contribution is 2.29. The van der Waals surface area contributed by atoms with E-state index in [1.54, 1.807) is 18.2 Å². The van der Waals surface area contributed by atoms with E-state index in [2.05, 4.69) is 10.3 Å². The molecule has 106 valence electrons. The third kappa shape index (κ3) is 3.06. The fourth-order valence-electron chi connectivity index (χ4n) is 1.95. The molecular formula is C16H12ClFN2S. The number of para-hydroxylation sites is 1. The van der Waals surface area contributed by atoms with E-state index in [0.717, 1.165) is 21.8 Å². The topological polar surface area (TPSA) is 24.9 Å². The lowest BCUT2D eigenvalue weighted by atomic mass is 10.1. The second-order valence-electron chi connectivity index (χ2n) is 4.61. The Bertz CT molecular complexity index is 785. The van der Waals surface area contributed by atoms with Gasteiger partial charge in [-0.15, -0.1) is 11.3 Å². The molecule has 21 heavy (non-hydrogen) atoms. The molecule has 0 saturated carbocycles. The third-order valence-corrected chi connectivity index (χ3v) is 4.26. The summed E-state index contributed by atoms with van der Waals surface area (Å²) in [5, 5.41) is 6.32. The Morgan fingerprint density at radius 3 is 2.76 bits per heavy atom. The van der Waals surface area contributed by atoms with Crippen LogP contribution in [0.25, 0.3) is 11.3 Å². The monoisotopic (exact) mass is 318 g/mol. The van der Waals surface area contributed by atoms with Crippen LogP contribution in [0.3, 0.4) is 0 Å². The average Bonchev–Trinajstić information content (AvgIpc) is 2.93. The van der Waals surface area contributed by atoms with Crippen molar-refractivity contribution in [1.29, 1.82) is 0 Å². The van der Waals surface area contributed by atoms with Crippen molar-refractivity contribution in [3.8, 4) is 11.3 Å². The maximum atomic E-state index is 13.6. The first-order valence-electron chi connectivity index (χ1n) is 6.37. The van der Waals surface area contributed by atoms with Gasteiger partial charge in [-0.3, -0.25) is 0 Å². The van der Waals surface area contributed by atoms with E-state index in [4.69, 9.17) is 11.6 Å². The van der Waals surface area contributed by atoms with Gasteiger partial charge in [0.1, 0.15) is 5.82 Å². The van der Waals surface area contributed by atoms with E-state index in [1.807, 2.05) is 30.5 Å². The van der Waals surface area contributed by atoms with Crippen molar-refractivity contribution >= 4 is 33.8 Å². The average molecular weight is 319 g/mol. The van der Waals surface area contributed by atoms with Gasteiger partial charge in [-0.05, 0) is 36.8 Å². The molecule has 1 heterocycles. The van der Waals surface area contributed by atoms with Gasteiger partial charge in [0.15, 0.2) is 5.13 Å². The van der Waals surface area contributed by atoms with Crippen molar-refractivity contribution in [2.24, 2.45) is 0 Å². The summed E-state index contributed by atoms with van der Waals surface area (Å²) in [5.41, 5.74) is 3.27. The second kappa shape index (κ2) is 5.84. The van der Waals surface area contributed by atoms with Gasteiger partial charge in [0.05, 0.1) is 11.4 Å². The maximum Gasteiger partial charge on any atom is 0.187 e. The molecule has 0 bridgehead atoms. The highest BCUT2D eigenvalue weighted by atomic mass is 35.5. The molecule has 0 atom stereocenters. The standard InChI is InChI=1S/C16H12ClFN2S/c1-10-8-11(6-7-12(10)17)15-9-21-16(20-15)19-14-5-3-2-4-13(14)18/h2-9H,1H3,(H,19,20). The van der Waals surface area contributed by atoms with Crippen LogP contribution >= 0.6 is 22.9 Å². The largest absolute Gasteiger partial charge is 0.329 e. The third-order valence-electron chi connectivity index (χ3n) is 3.07. The van der Waals surface area contributed by atoms with E-state index in [-0.39, 0.29) is 5.82 Å². The first-order valence-corrected chi connectivity index (χ1v) is 7.63. The number of halogens is 2. The lowest BCUT2D eigenvalue weighted by molar-refractivity contribution is 0.632. The highest BCUT2D eigenvalue weighted by Gasteiger charge is 2.08. The minimum absolute atomic E-state index is 0.295. The zero-order chi connectivity index (χ0) is 14.8. The van der Waals surface area contributed by atoms with Crippen LogP contribution in [0.5, 0.6) is 0 Å². The number of hydrogen-bond donors (Lipinski definition) is 1. The van der Waals surface area contributed by atoms with Crippen LogP contribution in [0, 0.1) is 12.7 Å². The minimum Gasteiger partial charge on any atom is -0.329 e. The summed E-state index contributed by atoms with van der Waals surface area (Å²) in [6, 6.07) is 12.3. The van der Waals surface area contributed by atoms with Crippen molar-refractivity contribution in [2.75, 3.05) is 5.32 Å². The van der Waals surface area contributed by atoms with E-state index in [9.17, 15) is 4.39 Å². The molecule has 0 amide bonds. The molecule has 3 rings (SSSR count). The normalized spacial score (nSPS) is 10.6. The summed E-state index contributed by atoms with van der Waals surface area (Å²) in [6.07, 6.45) is 0. The van der Waals surface area contributed by atoms with Crippen molar-refractivity contribution in [2.45, 2.75) is 6.92 Å². The Balaban J connectivity index is 1.86. The van der Waals surface area contributed by atoms with Crippen LogP contribution in [0.1, 0.15) is 5.56 Å². The molecule has 0 unspecified atom stereocenters. The predicted octanol–water partition coefficient (Wildman–Crippen LogP) is 5.65. The summed E-state index contributed by atoms with van der Waals surface area (Å²) >= 11 is 7.46. The molecular weight excluding hydrogens is 307 g/mol. The fourth-order valence-corrected chi connectivity index (χ4v) is 2.80. The van der Waals surface area contributed by atoms with Crippen LogP contribution < -0.4 is 5.32 Å². The predicted molar refractivity (Wildman–Crippen MR) is 87.0 cm³/mol. The Morgan fingerprint density at radius 1 is 1.19 bits per heavy atom. The molecule has 0 radical (unpaired) electrons. The summed E-state index contributed by atoms with van der Waals surface area (Å²) in [7, 11) is 0. The maximum absolute atomic E-state index is 13.6. The van der Waals surface area contributed by atoms with Crippen LogP contribution in [0.2, 0.25) is 5.02 Å². The Morgan fingerprint density at radius 2 is 2.00 bits per heavy atom. The van der Waals surface area contributed by atoms with Crippen molar-refractivity contribution in [3.05, 3.63) is 64.2 Å². The molecule has 0 aliphatic carbocycles. The highest BCUT2D eigenvalue weighted by molar-refractivity contribution is 7.14. The number of nitrogens with one attached hydrogen (secondary N) is 1. The van der Waals surface area contributed by atoms with Gasteiger partial charge < -0.3 is 5.32 Å². The first kappa shape index (κ1) is 14.0. The zero-order valence-electron chi connectivity index (χ0n) is 11.2. The van der Waals surface area contributed by atoms with Gasteiger partial charge in [0.25, 0.3) is 0 Å². The lowest BCUT2D eigenvalue weighted by Crippen LogP contribution is -1.92. The number of aryl methyl sites for hydroxylation is 1. The quantitative estimate of drug-likeness (QED) is 0.674. The van der Waals surface area contributed by atoms with E-state index in [1.165, 1.54) is 17.4 Å². The zero-order valence-corrected chi connectivity index (χ0v) is 12.8. The molecule has 2 nitrogen and oxygen atoms in total. The van der Waals surface area contributed by atoms with Crippen LogP contribution in [-0.2, 0) is 0 Å². The summed E-state index contributed by atoms with van der Waals surface area (Å²) in [5.74, 6) is -0.295. The molecule has 1 aromatic heterocycles. The molecule has 1 N–H and O–H groups in total. The number of nitrogens with zero attached hydrogens (tertiary/aromatic N) is 1. The number of aromatic nitrogens is 1. The molecule has 5 heteroatoms. The molecule has 0 aliphatic rings. The van der Waals surface area contributed by atoms with Crippen LogP contribution in [-0.4, -0.2) is 4.98 Å². The van der Waals surface area contributed by atoms with Gasteiger partial charge in [0, 0.05) is 16.0 Å². The van der Waals surface area contributed by atoms with Gasteiger partial charge in [-0.1, -0.05) is 29.8 Å². The first-order chi connectivity index (χ1) is 10.1. The number of thiazole rings is 1. The lowest BCUT2D eigenvalue weighted by Gasteiger charge is -2.03. The molecule has 0 saturated heterocycles. The molecule has 2 aromatic carbocycles. The number of hydrogen-bond acceptors (Lipinski definition) is 3. The fraction of sp³-hybridized carbons (Fsp3) is 0.0625. The Labute approximate surface area is 131 Å². The summed E-state index contributed by atoms with van der Waals surface area (Å²) in [6.45, 7) is 1.96. The minimum atomic E-state index is -0.295. The Hall–Kier alpha value is -1.91. The molecule has 3 aromatic rings. The smallest absolute Gasteiger partial charge is 0.187 e. The van der Waals surface area contributed by atoms with E-state index in [0.29, 0.717) is 10.8 Å². The van der Waals surface area contributed by atoms with Gasteiger partial charge in [-0.2, -0.15) is 0 Å². The van der Waals surface area contributed by atoms with Crippen LogP contribution in [0.15, 0.2) is 47.8 Å². The number of rotatable bonds is 3. The molecule has 0 aliphatic heterocycles. The van der Waals surface area contributed by atoms with E-state index < -0.39 is 0 Å².